The Labute approximate surface area is 297 Å². The lowest BCUT2D eigenvalue weighted by molar-refractivity contribution is -0.132. The quantitative estimate of drug-likeness (QED) is 0.107. The van der Waals surface area contributed by atoms with Crippen molar-refractivity contribution in [1.29, 1.82) is 0 Å². The summed E-state index contributed by atoms with van der Waals surface area (Å²) in [7, 11) is 0. The Hall–Kier alpha value is -5.74. The molecule has 51 heavy (non-hydrogen) atoms. The standard InChI is InChI=1S/C41H42O10/c1-23(2)38(43)48-33-17-12-29(20-36(33)50-40(45)25(5)6)28-11-16-32(35(19-28)47-22-27-9-14-31(42)15-10-27)30-13-18-34(49-39(44)24(3)4)37(21-30)51-41(46)26(7)8/h11-13,16-21,27,31,42H,1,3,5,7,9-10,14-15,22H2,2,4,6,8H3. The second-order valence-electron chi connectivity index (χ2n) is 12.7. The zero-order valence-corrected chi connectivity index (χ0v) is 29.3. The zero-order valence-electron chi connectivity index (χ0n) is 29.3. The summed E-state index contributed by atoms with van der Waals surface area (Å²) in [6.07, 6.45) is 2.68. The van der Waals surface area contributed by atoms with Gasteiger partial charge >= 0.3 is 23.9 Å². The fourth-order valence-corrected chi connectivity index (χ4v) is 5.02. The molecule has 0 unspecified atom stereocenters. The summed E-state index contributed by atoms with van der Waals surface area (Å²) in [5.41, 5.74) is 3.16. The molecule has 4 rings (SSSR count). The Morgan fingerprint density at radius 2 is 0.922 bits per heavy atom. The van der Waals surface area contributed by atoms with Gasteiger partial charge in [0.15, 0.2) is 23.0 Å². The molecule has 0 saturated heterocycles. The summed E-state index contributed by atoms with van der Waals surface area (Å²) in [4.78, 5) is 49.8. The molecule has 1 fully saturated rings. The zero-order chi connectivity index (χ0) is 37.4. The summed E-state index contributed by atoms with van der Waals surface area (Å²) in [6, 6.07) is 15.1. The number of rotatable bonds is 13. The lowest BCUT2D eigenvalue weighted by atomic mass is 9.88. The maximum absolute atomic E-state index is 12.6. The van der Waals surface area contributed by atoms with Crippen molar-refractivity contribution in [2.24, 2.45) is 5.92 Å². The maximum atomic E-state index is 12.6. The number of carbonyl (C=O) groups is 4. The van der Waals surface area contributed by atoms with Crippen LogP contribution in [0.25, 0.3) is 22.3 Å². The van der Waals surface area contributed by atoms with Crippen molar-refractivity contribution >= 4 is 23.9 Å². The number of benzene rings is 3. The Kier molecular flexibility index (Phi) is 12.5. The Morgan fingerprint density at radius 1 is 0.549 bits per heavy atom. The summed E-state index contributed by atoms with van der Waals surface area (Å²) in [6.45, 7) is 20.9. The van der Waals surface area contributed by atoms with Crippen LogP contribution in [0.15, 0.2) is 103 Å². The Balaban J connectivity index is 1.80. The molecule has 0 amide bonds. The molecule has 0 spiro atoms. The van der Waals surface area contributed by atoms with Crippen LogP contribution in [0, 0.1) is 5.92 Å². The number of aliphatic hydroxyl groups excluding tert-OH is 1. The van der Waals surface area contributed by atoms with E-state index < -0.39 is 23.9 Å². The number of carbonyl (C=O) groups excluding carboxylic acids is 4. The average Bonchev–Trinajstić information content (AvgIpc) is 3.09. The third-order valence-corrected chi connectivity index (χ3v) is 8.01. The minimum atomic E-state index is -0.702. The van der Waals surface area contributed by atoms with Crippen molar-refractivity contribution in [2.45, 2.75) is 59.5 Å². The molecule has 10 nitrogen and oxygen atoms in total. The Morgan fingerprint density at radius 3 is 1.37 bits per heavy atom. The van der Waals surface area contributed by atoms with Gasteiger partial charge in [-0.3, -0.25) is 0 Å². The van der Waals surface area contributed by atoms with Gasteiger partial charge in [0.1, 0.15) is 5.75 Å². The van der Waals surface area contributed by atoms with E-state index in [2.05, 4.69) is 26.3 Å². The highest BCUT2D eigenvalue weighted by atomic mass is 16.6. The summed E-state index contributed by atoms with van der Waals surface area (Å²) in [5.74, 6) is -2.01. The third-order valence-electron chi connectivity index (χ3n) is 8.01. The number of hydrogen-bond donors (Lipinski definition) is 1. The molecule has 1 aliphatic carbocycles. The van der Waals surface area contributed by atoms with E-state index in [-0.39, 0.29) is 57.3 Å². The minimum Gasteiger partial charge on any atom is -0.493 e. The van der Waals surface area contributed by atoms with Crippen LogP contribution in [-0.2, 0) is 19.2 Å². The predicted molar refractivity (Wildman–Crippen MR) is 193 cm³/mol. The van der Waals surface area contributed by atoms with E-state index in [0.717, 1.165) is 12.8 Å². The lowest BCUT2D eigenvalue weighted by Crippen LogP contribution is -2.22. The second kappa shape index (κ2) is 16.8. The first kappa shape index (κ1) is 38.1. The van der Waals surface area contributed by atoms with Gasteiger partial charge in [-0.2, -0.15) is 0 Å². The van der Waals surface area contributed by atoms with Gasteiger partial charge in [0.25, 0.3) is 0 Å². The van der Waals surface area contributed by atoms with Crippen LogP contribution in [0.4, 0.5) is 0 Å². The lowest BCUT2D eigenvalue weighted by Gasteiger charge is -2.26. The monoisotopic (exact) mass is 694 g/mol. The van der Waals surface area contributed by atoms with Gasteiger partial charge < -0.3 is 28.8 Å². The minimum absolute atomic E-state index is 0.00439. The molecule has 0 aliphatic heterocycles. The first-order valence-electron chi connectivity index (χ1n) is 16.4. The highest BCUT2D eigenvalue weighted by Gasteiger charge is 2.23. The van der Waals surface area contributed by atoms with E-state index in [1.54, 1.807) is 24.3 Å². The molecule has 3 aromatic carbocycles. The van der Waals surface area contributed by atoms with Gasteiger partial charge in [0.05, 0.1) is 12.7 Å². The number of hydrogen-bond acceptors (Lipinski definition) is 10. The molecule has 0 heterocycles. The van der Waals surface area contributed by atoms with Gasteiger partial charge in [-0.15, -0.1) is 0 Å². The van der Waals surface area contributed by atoms with Gasteiger partial charge in [-0.25, -0.2) is 19.2 Å². The molecule has 10 heteroatoms. The number of esters is 4. The molecule has 3 aromatic rings. The van der Waals surface area contributed by atoms with Crippen LogP contribution in [0.5, 0.6) is 28.7 Å². The summed E-state index contributed by atoms with van der Waals surface area (Å²) < 4.78 is 28.4. The highest BCUT2D eigenvalue weighted by Crippen LogP contribution is 2.41. The number of aliphatic hydroxyl groups is 1. The van der Waals surface area contributed by atoms with E-state index in [4.69, 9.17) is 23.7 Å². The molecule has 266 valence electrons. The molecule has 1 N–H and O–H groups in total. The predicted octanol–water partition coefficient (Wildman–Crippen LogP) is 7.88. The smallest absolute Gasteiger partial charge is 0.338 e. The van der Waals surface area contributed by atoms with Crippen molar-refractivity contribution in [3.63, 3.8) is 0 Å². The van der Waals surface area contributed by atoms with E-state index in [1.165, 1.54) is 39.8 Å². The molecular weight excluding hydrogens is 652 g/mol. The molecule has 1 aliphatic rings. The second-order valence-corrected chi connectivity index (χ2v) is 12.7. The van der Waals surface area contributed by atoms with Crippen molar-refractivity contribution in [3.05, 3.63) is 103 Å². The number of ether oxygens (including phenoxy) is 5. The van der Waals surface area contributed by atoms with Gasteiger partial charge in [0.2, 0.25) is 0 Å². The molecule has 0 radical (unpaired) electrons. The van der Waals surface area contributed by atoms with Crippen molar-refractivity contribution in [1.82, 2.24) is 0 Å². The average molecular weight is 695 g/mol. The van der Waals surface area contributed by atoms with Crippen LogP contribution in [0.2, 0.25) is 0 Å². The summed E-state index contributed by atoms with van der Waals surface area (Å²) >= 11 is 0. The normalized spacial score (nSPS) is 15.2. The third kappa shape index (κ3) is 10.1. The maximum Gasteiger partial charge on any atom is 0.338 e. The first-order chi connectivity index (χ1) is 24.1. The Bertz CT molecular complexity index is 1910. The SMILES string of the molecule is C=C(C)C(=O)Oc1ccc(-c2ccc(-c3ccc(OC(=O)C(=C)C)c(OC(=O)C(=C)C)c3)c(OCC3CCC(O)CC3)c2)cc1OC(=O)C(=C)C. The van der Waals surface area contributed by atoms with Crippen molar-refractivity contribution in [3.8, 4) is 51.0 Å². The van der Waals surface area contributed by atoms with E-state index >= 15 is 0 Å². The van der Waals surface area contributed by atoms with Gasteiger partial charge in [-0.1, -0.05) is 50.6 Å². The van der Waals surface area contributed by atoms with Crippen LogP contribution in [0.1, 0.15) is 53.4 Å². The van der Waals surface area contributed by atoms with E-state index in [0.29, 0.717) is 47.5 Å². The fourth-order valence-electron chi connectivity index (χ4n) is 5.02. The van der Waals surface area contributed by atoms with E-state index in [9.17, 15) is 24.3 Å². The van der Waals surface area contributed by atoms with Crippen molar-refractivity contribution in [2.75, 3.05) is 6.61 Å². The van der Waals surface area contributed by atoms with Crippen LogP contribution < -0.4 is 23.7 Å². The van der Waals surface area contributed by atoms with Gasteiger partial charge in [-0.05, 0) is 106 Å². The molecule has 1 saturated carbocycles. The van der Waals surface area contributed by atoms with Crippen LogP contribution >= 0.6 is 0 Å². The first-order valence-corrected chi connectivity index (χ1v) is 16.4. The highest BCUT2D eigenvalue weighted by molar-refractivity contribution is 5.93. The van der Waals surface area contributed by atoms with E-state index in [1.807, 2.05) is 18.2 Å². The van der Waals surface area contributed by atoms with Gasteiger partial charge in [0, 0.05) is 27.9 Å². The molecule has 0 bridgehead atoms. The summed E-state index contributed by atoms with van der Waals surface area (Å²) in [5, 5.41) is 10.0. The fraction of sp³-hybridized carbons (Fsp3) is 0.268. The van der Waals surface area contributed by atoms with Crippen LogP contribution in [0.3, 0.4) is 0 Å². The van der Waals surface area contributed by atoms with Crippen LogP contribution in [-0.4, -0.2) is 41.7 Å². The molecular formula is C41H42O10. The largest absolute Gasteiger partial charge is 0.493 e. The topological polar surface area (TPSA) is 135 Å². The molecule has 0 atom stereocenters. The molecule has 0 aromatic heterocycles. The van der Waals surface area contributed by atoms with Crippen molar-refractivity contribution < 1.29 is 48.0 Å².